The molecule has 21 heavy (non-hydrogen) atoms. The Balaban J connectivity index is 2.09. The Hall–Kier alpha value is -1.23. The molecule has 118 valence electrons. The van der Waals surface area contributed by atoms with Crippen molar-refractivity contribution in [3.8, 4) is 0 Å². The highest BCUT2D eigenvalue weighted by molar-refractivity contribution is 5.56. The minimum Gasteiger partial charge on any atom is -0.371 e. The van der Waals surface area contributed by atoms with Gasteiger partial charge < -0.3 is 10.2 Å². The average molecular weight is 300 g/mol. The van der Waals surface area contributed by atoms with E-state index < -0.39 is 11.7 Å². The van der Waals surface area contributed by atoms with Crippen LogP contribution in [0.4, 0.5) is 18.9 Å². The predicted octanol–water partition coefficient (Wildman–Crippen LogP) is 3.84. The van der Waals surface area contributed by atoms with Crippen molar-refractivity contribution in [2.75, 3.05) is 24.5 Å². The van der Waals surface area contributed by atoms with Gasteiger partial charge in [0.25, 0.3) is 0 Å². The molecule has 2 nitrogen and oxygen atoms in total. The van der Waals surface area contributed by atoms with Crippen molar-refractivity contribution < 1.29 is 13.2 Å². The van der Waals surface area contributed by atoms with Gasteiger partial charge in [-0.15, -0.1) is 0 Å². The minimum absolute atomic E-state index is 0.439. The lowest BCUT2D eigenvalue weighted by molar-refractivity contribution is -0.137. The number of hydrogen-bond acceptors (Lipinski definition) is 2. The number of halogens is 3. The van der Waals surface area contributed by atoms with Crippen molar-refractivity contribution >= 4 is 5.69 Å². The number of aryl methyl sites for hydroxylation is 1. The summed E-state index contributed by atoms with van der Waals surface area (Å²) < 4.78 is 38.5. The zero-order valence-electron chi connectivity index (χ0n) is 12.8. The topological polar surface area (TPSA) is 15.3 Å². The van der Waals surface area contributed by atoms with Crippen LogP contribution in [0.15, 0.2) is 18.2 Å². The maximum atomic E-state index is 12.8. The van der Waals surface area contributed by atoms with Crippen LogP contribution in [0.5, 0.6) is 0 Å². The SMILES string of the molecule is Cc1ccc(C(F)(F)F)cc1N1CCC(CNC(C)C)C1. The van der Waals surface area contributed by atoms with Gasteiger partial charge in [-0.25, -0.2) is 0 Å². The van der Waals surface area contributed by atoms with E-state index in [1.54, 1.807) is 6.07 Å². The zero-order chi connectivity index (χ0) is 15.6. The molecule has 0 saturated carbocycles. The fraction of sp³-hybridized carbons (Fsp3) is 0.625. The van der Waals surface area contributed by atoms with E-state index in [0.717, 1.165) is 43.4 Å². The van der Waals surface area contributed by atoms with E-state index in [0.29, 0.717) is 12.0 Å². The number of rotatable bonds is 4. The van der Waals surface area contributed by atoms with Crippen molar-refractivity contribution in [2.24, 2.45) is 5.92 Å². The average Bonchev–Trinajstić information content (AvgIpc) is 2.84. The van der Waals surface area contributed by atoms with Crippen LogP contribution < -0.4 is 10.2 Å². The maximum Gasteiger partial charge on any atom is 0.416 e. The van der Waals surface area contributed by atoms with Crippen LogP contribution in [0, 0.1) is 12.8 Å². The molecule has 1 saturated heterocycles. The predicted molar refractivity (Wildman–Crippen MR) is 79.6 cm³/mol. The number of nitrogens with zero attached hydrogens (tertiary/aromatic N) is 1. The fourth-order valence-corrected chi connectivity index (χ4v) is 2.75. The Morgan fingerprint density at radius 3 is 2.67 bits per heavy atom. The Bertz CT molecular complexity index is 483. The van der Waals surface area contributed by atoms with Gasteiger partial charge in [0, 0.05) is 24.8 Å². The lowest BCUT2D eigenvalue weighted by atomic mass is 10.1. The quantitative estimate of drug-likeness (QED) is 0.909. The first kappa shape index (κ1) is 16.1. The first-order valence-corrected chi connectivity index (χ1v) is 7.43. The third-order valence-electron chi connectivity index (χ3n) is 3.98. The summed E-state index contributed by atoms with van der Waals surface area (Å²) in [6, 6.07) is 4.45. The Morgan fingerprint density at radius 1 is 1.33 bits per heavy atom. The fourth-order valence-electron chi connectivity index (χ4n) is 2.75. The van der Waals surface area contributed by atoms with Crippen LogP contribution in [0.2, 0.25) is 0 Å². The third-order valence-corrected chi connectivity index (χ3v) is 3.98. The molecule has 2 rings (SSSR count). The van der Waals surface area contributed by atoms with Crippen molar-refractivity contribution in [3.63, 3.8) is 0 Å². The van der Waals surface area contributed by atoms with Gasteiger partial charge in [-0.1, -0.05) is 19.9 Å². The van der Waals surface area contributed by atoms with Gasteiger partial charge in [0.15, 0.2) is 0 Å². The highest BCUT2D eigenvalue weighted by Crippen LogP contribution is 2.34. The second-order valence-electron chi connectivity index (χ2n) is 6.16. The van der Waals surface area contributed by atoms with Crippen molar-refractivity contribution in [3.05, 3.63) is 29.3 Å². The standard InChI is InChI=1S/C16H23F3N2/c1-11(2)20-9-13-6-7-21(10-13)15-8-14(16(17,18)19)5-4-12(15)3/h4-5,8,11,13,20H,6-7,9-10H2,1-3H3. The third kappa shape index (κ3) is 4.13. The molecule has 1 atom stereocenters. The van der Waals surface area contributed by atoms with Crippen molar-refractivity contribution in [1.29, 1.82) is 0 Å². The van der Waals surface area contributed by atoms with Crippen LogP contribution >= 0.6 is 0 Å². The molecule has 1 N–H and O–H groups in total. The molecule has 0 aromatic heterocycles. The summed E-state index contributed by atoms with van der Waals surface area (Å²) in [7, 11) is 0. The van der Waals surface area contributed by atoms with Gasteiger partial charge in [0.2, 0.25) is 0 Å². The molecule has 1 aromatic rings. The highest BCUT2D eigenvalue weighted by Gasteiger charge is 2.32. The van der Waals surface area contributed by atoms with Crippen molar-refractivity contribution in [1.82, 2.24) is 5.32 Å². The van der Waals surface area contributed by atoms with Gasteiger partial charge in [0.1, 0.15) is 0 Å². The molecule has 0 radical (unpaired) electrons. The molecular formula is C16H23F3N2. The summed E-state index contributed by atoms with van der Waals surface area (Å²) in [5.41, 5.74) is 1.06. The maximum absolute atomic E-state index is 12.8. The summed E-state index contributed by atoms with van der Waals surface area (Å²) in [6.45, 7) is 8.64. The van der Waals surface area contributed by atoms with E-state index >= 15 is 0 Å². The van der Waals surface area contributed by atoms with Crippen LogP contribution in [0.3, 0.4) is 0 Å². The number of nitrogens with one attached hydrogen (secondary N) is 1. The summed E-state index contributed by atoms with van der Waals surface area (Å²) in [5, 5.41) is 3.40. The van der Waals surface area contributed by atoms with E-state index in [1.807, 2.05) is 6.92 Å². The van der Waals surface area contributed by atoms with E-state index in [1.165, 1.54) is 6.07 Å². The summed E-state index contributed by atoms with van der Waals surface area (Å²) in [4.78, 5) is 2.08. The highest BCUT2D eigenvalue weighted by atomic mass is 19.4. The van der Waals surface area contributed by atoms with Crippen molar-refractivity contribution in [2.45, 2.75) is 39.4 Å². The molecule has 1 fully saturated rings. The van der Waals surface area contributed by atoms with Gasteiger partial charge in [-0.05, 0) is 43.5 Å². The molecule has 1 heterocycles. The summed E-state index contributed by atoms with van der Waals surface area (Å²) in [5.74, 6) is 0.501. The number of benzene rings is 1. The Kier molecular flexibility index (Phi) is 4.81. The molecule has 5 heteroatoms. The molecule has 1 aliphatic heterocycles. The van der Waals surface area contributed by atoms with E-state index in [9.17, 15) is 13.2 Å². The van der Waals surface area contributed by atoms with Crippen LogP contribution in [0.1, 0.15) is 31.4 Å². The molecule has 1 aliphatic rings. The van der Waals surface area contributed by atoms with Crippen LogP contribution in [-0.4, -0.2) is 25.7 Å². The summed E-state index contributed by atoms with van der Waals surface area (Å²) in [6.07, 6.45) is -3.25. The first-order valence-electron chi connectivity index (χ1n) is 7.43. The van der Waals surface area contributed by atoms with Gasteiger partial charge >= 0.3 is 6.18 Å². The molecule has 0 amide bonds. The molecule has 0 spiro atoms. The monoisotopic (exact) mass is 300 g/mol. The first-order chi connectivity index (χ1) is 9.77. The Morgan fingerprint density at radius 2 is 2.05 bits per heavy atom. The molecule has 1 aromatic carbocycles. The summed E-state index contributed by atoms with van der Waals surface area (Å²) >= 11 is 0. The lowest BCUT2D eigenvalue weighted by Gasteiger charge is -2.23. The second kappa shape index (κ2) is 6.26. The normalized spacial score (nSPS) is 19.6. The largest absolute Gasteiger partial charge is 0.416 e. The van der Waals surface area contributed by atoms with E-state index in [2.05, 4.69) is 24.1 Å². The smallest absolute Gasteiger partial charge is 0.371 e. The molecule has 0 bridgehead atoms. The Labute approximate surface area is 124 Å². The van der Waals surface area contributed by atoms with Crippen LogP contribution in [-0.2, 0) is 6.18 Å². The number of alkyl halides is 3. The van der Waals surface area contributed by atoms with E-state index in [-0.39, 0.29) is 0 Å². The number of hydrogen-bond donors (Lipinski definition) is 1. The second-order valence-corrected chi connectivity index (χ2v) is 6.16. The van der Waals surface area contributed by atoms with Crippen LogP contribution in [0.25, 0.3) is 0 Å². The molecule has 1 unspecified atom stereocenters. The molecular weight excluding hydrogens is 277 g/mol. The van der Waals surface area contributed by atoms with Gasteiger partial charge in [0.05, 0.1) is 5.56 Å². The van der Waals surface area contributed by atoms with Gasteiger partial charge in [-0.2, -0.15) is 13.2 Å². The zero-order valence-corrected chi connectivity index (χ0v) is 12.8. The molecule has 0 aliphatic carbocycles. The van der Waals surface area contributed by atoms with E-state index in [4.69, 9.17) is 0 Å². The minimum atomic E-state index is -4.28. The van der Waals surface area contributed by atoms with Gasteiger partial charge in [-0.3, -0.25) is 0 Å². The lowest BCUT2D eigenvalue weighted by Crippen LogP contribution is -2.30. The number of anilines is 1.